The van der Waals surface area contributed by atoms with Crippen LogP contribution in [0.1, 0.15) is 25.2 Å². The predicted octanol–water partition coefficient (Wildman–Crippen LogP) is 1.22. The Hall–Kier alpha value is -1.20. The normalized spacial score (nSPS) is 22.7. The van der Waals surface area contributed by atoms with Crippen LogP contribution in [0.25, 0.3) is 0 Å². The van der Waals surface area contributed by atoms with Crippen LogP contribution in [-0.4, -0.2) is 60.0 Å². The van der Waals surface area contributed by atoms with E-state index in [4.69, 9.17) is 0 Å². The zero-order chi connectivity index (χ0) is 13.0. The molecule has 1 N–H and O–H groups in total. The minimum Gasteiger partial charge on any atom is -0.370 e. The van der Waals surface area contributed by atoms with E-state index in [0.717, 1.165) is 37.8 Å². The molecule has 2 heterocycles. The van der Waals surface area contributed by atoms with Gasteiger partial charge in [0.15, 0.2) is 0 Å². The van der Waals surface area contributed by atoms with Crippen molar-refractivity contribution in [3.8, 4) is 0 Å². The number of nitrogens with one attached hydrogen (secondary N) is 1. The molecular formula is C13H23N5. The number of nitrogens with zero attached hydrogens (tertiary/aromatic N) is 4. The van der Waals surface area contributed by atoms with Crippen LogP contribution in [0.2, 0.25) is 0 Å². The molecule has 18 heavy (non-hydrogen) atoms. The van der Waals surface area contributed by atoms with Crippen LogP contribution in [0.3, 0.4) is 0 Å². The number of rotatable bonds is 3. The van der Waals surface area contributed by atoms with Gasteiger partial charge in [0.1, 0.15) is 11.6 Å². The predicted molar refractivity (Wildman–Crippen MR) is 73.7 cm³/mol. The smallest absolute Gasteiger partial charge is 0.149 e. The van der Waals surface area contributed by atoms with Gasteiger partial charge < -0.3 is 10.2 Å². The Morgan fingerprint density at radius 2 is 2.22 bits per heavy atom. The van der Waals surface area contributed by atoms with Gasteiger partial charge in [-0.25, -0.2) is 9.97 Å². The lowest BCUT2D eigenvalue weighted by Gasteiger charge is -2.26. The van der Waals surface area contributed by atoms with Gasteiger partial charge in [0, 0.05) is 19.3 Å². The molecule has 1 atom stereocenters. The summed E-state index contributed by atoms with van der Waals surface area (Å²) in [5, 5.41) is 3.25. The number of hydrogen-bond donors (Lipinski definition) is 1. The van der Waals surface area contributed by atoms with Gasteiger partial charge in [-0.3, -0.25) is 4.90 Å². The molecule has 0 spiro atoms. The average molecular weight is 249 g/mol. The summed E-state index contributed by atoms with van der Waals surface area (Å²) in [6.07, 6.45) is 3.05. The van der Waals surface area contributed by atoms with E-state index in [-0.39, 0.29) is 6.04 Å². The summed E-state index contributed by atoms with van der Waals surface area (Å²) in [5.74, 6) is 1.84. The van der Waals surface area contributed by atoms with E-state index >= 15 is 0 Å². The van der Waals surface area contributed by atoms with Crippen LogP contribution in [-0.2, 0) is 0 Å². The highest BCUT2D eigenvalue weighted by molar-refractivity contribution is 5.33. The molecule has 0 amide bonds. The summed E-state index contributed by atoms with van der Waals surface area (Å²) in [4.78, 5) is 13.8. The van der Waals surface area contributed by atoms with E-state index in [9.17, 15) is 0 Å². The Kier molecular flexibility index (Phi) is 4.49. The van der Waals surface area contributed by atoms with Gasteiger partial charge in [-0.2, -0.15) is 0 Å². The molecule has 1 aromatic rings. The van der Waals surface area contributed by atoms with Crippen LogP contribution in [0.4, 0.5) is 5.82 Å². The fraction of sp³-hybridized carbons (Fsp3) is 0.692. The van der Waals surface area contributed by atoms with Crippen molar-refractivity contribution in [2.75, 3.05) is 45.6 Å². The van der Waals surface area contributed by atoms with E-state index in [1.807, 2.05) is 12.3 Å². The molecule has 0 radical (unpaired) electrons. The molecular weight excluding hydrogens is 226 g/mol. The Balaban J connectivity index is 2.19. The van der Waals surface area contributed by atoms with Gasteiger partial charge >= 0.3 is 0 Å². The fourth-order valence-corrected chi connectivity index (χ4v) is 2.36. The van der Waals surface area contributed by atoms with E-state index < -0.39 is 0 Å². The Labute approximate surface area is 109 Å². The van der Waals surface area contributed by atoms with Gasteiger partial charge in [-0.05, 0) is 46.6 Å². The van der Waals surface area contributed by atoms with Crippen molar-refractivity contribution in [2.24, 2.45) is 0 Å². The second-order valence-electron chi connectivity index (χ2n) is 4.94. The molecule has 5 heteroatoms. The van der Waals surface area contributed by atoms with E-state index in [0.29, 0.717) is 0 Å². The second-order valence-corrected chi connectivity index (χ2v) is 4.94. The summed E-state index contributed by atoms with van der Waals surface area (Å²) in [6, 6.07) is 2.21. The van der Waals surface area contributed by atoms with Crippen molar-refractivity contribution >= 4 is 5.82 Å². The Bertz CT molecular complexity index is 381. The number of hydrogen-bond acceptors (Lipinski definition) is 5. The zero-order valence-corrected chi connectivity index (χ0v) is 11.6. The SMILES string of the molecule is CCNc1ccnc(C2CN(C)CCCN2C)n1. The van der Waals surface area contributed by atoms with Gasteiger partial charge in [0.05, 0.1) is 6.04 Å². The fourth-order valence-electron chi connectivity index (χ4n) is 2.36. The lowest BCUT2D eigenvalue weighted by Crippen LogP contribution is -2.32. The van der Waals surface area contributed by atoms with E-state index in [1.165, 1.54) is 6.42 Å². The van der Waals surface area contributed by atoms with Gasteiger partial charge in [0.2, 0.25) is 0 Å². The minimum atomic E-state index is 0.288. The van der Waals surface area contributed by atoms with Crippen molar-refractivity contribution in [1.29, 1.82) is 0 Å². The van der Waals surface area contributed by atoms with E-state index in [2.05, 4.69) is 46.1 Å². The lowest BCUT2D eigenvalue weighted by atomic mass is 10.2. The molecule has 100 valence electrons. The first-order valence-electron chi connectivity index (χ1n) is 6.66. The van der Waals surface area contributed by atoms with Gasteiger partial charge in [-0.15, -0.1) is 0 Å². The molecule has 1 fully saturated rings. The largest absolute Gasteiger partial charge is 0.370 e. The van der Waals surface area contributed by atoms with Crippen LogP contribution >= 0.6 is 0 Å². The second kappa shape index (κ2) is 6.11. The lowest BCUT2D eigenvalue weighted by molar-refractivity contribution is 0.219. The molecule has 1 aliphatic heterocycles. The maximum Gasteiger partial charge on any atom is 0.149 e. The summed E-state index contributed by atoms with van der Waals surface area (Å²) in [6.45, 7) is 6.20. The minimum absolute atomic E-state index is 0.288. The Morgan fingerprint density at radius 1 is 1.39 bits per heavy atom. The number of anilines is 1. The molecule has 0 bridgehead atoms. The topological polar surface area (TPSA) is 44.3 Å². The summed E-state index contributed by atoms with van der Waals surface area (Å²) < 4.78 is 0. The van der Waals surface area contributed by atoms with Gasteiger partial charge in [0.25, 0.3) is 0 Å². The molecule has 1 aliphatic rings. The summed E-state index contributed by atoms with van der Waals surface area (Å²) >= 11 is 0. The standard InChI is InChI=1S/C13H23N5/c1-4-14-12-6-7-15-13(16-12)11-10-17(2)8-5-9-18(11)3/h6-7,11H,4-5,8-10H2,1-3H3,(H,14,15,16). The molecule has 0 saturated carbocycles. The maximum atomic E-state index is 4.62. The first-order chi connectivity index (χ1) is 8.70. The van der Waals surface area contributed by atoms with Crippen molar-refractivity contribution < 1.29 is 0 Å². The molecule has 1 saturated heterocycles. The van der Waals surface area contributed by atoms with Crippen LogP contribution < -0.4 is 5.32 Å². The summed E-state index contributed by atoms with van der Waals surface area (Å²) in [5.41, 5.74) is 0. The number of likely N-dealkylation sites (N-methyl/N-ethyl adjacent to an activating group) is 2. The first kappa shape index (κ1) is 13.2. The third kappa shape index (κ3) is 3.17. The molecule has 2 rings (SSSR count). The highest BCUT2D eigenvalue weighted by atomic mass is 15.2. The molecule has 0 aromatic carbocycles. The third-order valence-corrected chi connectivity index (χ3v) is 3.40. The monoisotopic (exact) mass is 249 g/mol. The molecule has 5 nitrogen and oxygen atoms in total. The number of aromatic nitrogens is 2. The van der Waals surface area contributed by atoms with Crippen molar-refractivity contribution in [3.05, 3.63) is 18.1 Å². The highest BCUT2D eigenvalue weighted by Gasteiger charge is 2.24. The quantitative estimate of drug-likeness (QED) is 0.872. The maximum absolute atomic E-state index is 4.62. The van der Waals surface area contributed by atoms with Crippen molar-refractivity contribution in [1.82, 2.24) is 19.8 Å². The summed E-state index contributed by atoms with van der Waals surface area (Å²) in [7, 11) is 4.33. The first-order valence-corrected chi connectivity index (χ1v) is 6.66. The molecule has 0 aliphatic carbocycles. The third-order valence-electron chi connectivity index (χ3n) is 3.40. The zero-order valence-electron chi connectivity index (χ0n) is 11.6. The van der Waals surface area contributed by atoms with Gasteiger partial charge in [-0.1, -0.05) is 0 Å². The molecule has 1 unspecified atom stereocenters. The van der Waals surface area contributed by atoms with Crippen molar-refractivity contribution in [3.63, 3.8) is 0 Å². The van der Waals surface area contributed by atoms with E-state index in [1.54, 1.807) is 0 Å². The van der Waals surface area contributed by atoms with Crippen LogP contribution in [0.15, 0.2) is 12.3 Å². The van der Waals surface area contributed by atoms with Crippen LogP contribution in [0, 0.1) is 0 Å². The van der Waals surface area contributed by atoms with Crippen LogP contribution in [0.5, 0.6) is 0 Å². The Morgan fingerprint density at radius 3 is 3.00 bits per heavy atom. The highest BCUT2D eigenvalue weighted by Crippen LogP contribution is 2.20. The van der Waals surface area contributed by atoms with Crippen molar-refractivity contribution in [2.45, 2.75) is 19.4 Å². The average Bonchev–Trinajstić information content (AvgIpc) is 2.52. The molecule has 1 aromatic heterocycles.